The van der Waals surface area contributed by atoms with Gasteiger partial charge in [0.1, 0.15) is 34.1 Å². The lowest BCUT2D eigenvalue weighted by molar-refractivity contribution is 0.0435. The van der Waals surface area contributed by atoms with Crippen molar-refractivity contribution in [2.75, 3.05) is 41.3 Å². The van der Waals surface area contributed by atoms with Gasteiger partial charge in [-0.3, -0.25) is 0 Å². The summed E-state index contributed by atoms with van der Waals surface area (Å²) in [6.45, 7) is 7.64. The molecule has 2 aromatic carbocycles. The van der Waals surface area contributed by atoms with Gasteiger partial charge in [0.05, 0.1) is 27.4 Å². The maximum Gasteiger partial charge on any atom is 0.342 e. The van der Waals surface area contributed by atoms with E-state index in [9.17, 15) is 14.7 Å². The number of carbonyl (C=O) groups excluding carboxylic acids is 2. The molecule has 0 aliphatic heterocycles. The standard InChI is InChI=1S/C13H18O5.C11H14O4/c1-5-17-13(14)12-9(2)6-10(16-4)7-11(12)18-8-15-3;1-4-15-11(13)10-7(2)5-8(14-3)6-9(10)12/h6-7H,5,8H2,1-4H3;5-6,12H,4H2,1-3H3. The molecule has 0 aliphatic carbocycles. The first kappa shape index (κ1) is 27.6. The Morgan fingerprint density at radius 3 is 1.73 bits per heavy atom. The van der Waals surface area contributed by atoms with Gasteiger partial charge in [0.2, 0.25) is 0 Å². The molecular formula is C24H32O9. The largest absolute Gasteiger partial charge is 0.507 e. The lowest BCUT2D eigenvalue weighted by Crippen LogP contribution is -2.11. The van der Waals surface area contributed by atoms with Crippen LogP contribution in [0.5, 0.6) is 23.0 Å². The first-order valence-corrected chi connectivity index (χ1v) is 10.3. The summed E-state index contributed by atoms with van der Waals surface area (Å²) in [5.74, 6) is 0.473. The van der Waals surface area contributed by atoms with Gasteiger partial charge in [-0.1, -0.05) is 0 Å². The van der Waals surface area contributed by atoms with Gasteiger partial charge in [-0.15, -0.1) is 0 Å². The molecule has 0 atom stereocenters. The van der Waals surface area contributed by atoms with Gasteiger partial charge < -0.3 is 33.5 Å². The predicted molar refractivity (Wildman–Crippen MR) is 122 cm³/mol. The van der Waals surface area contributed by atoms with Crippen molar-refractivity contribution in [2.45, 2.75) is 27.7 Å². The zero-order valence-electron chi connectivity index (χ0n) is 20.1. The van der Waals surface area contributed by atoms with Crippen molar-refractivity contribution in [1.29, 1.82) is 0 Å². The quantitative estimate of drug-likeness (QED) is 0.434. The molecular weight excluding hydrogens is 432 g/mol. The van der Waals surface area contributed by atoms with Crippen LogP contribution in [-0.4, -0.2) is 58.4 Å². The van der Waals surface area contributed by atoms with Gasteiger partial charge >= 0.3 is 11.9 Å². The summed E-state index contributed by atoms with van der Waals surface area (Å²) in [6, 6.07) is 6.45. The van der Waals surface area contributed by atoms with Crippen molar-refractivity contribution < 1.29 is 43.1 Å². The summed E-state index contributed by atoms with van der Waals surface area (Å²) < 4.78 is 30.1. The lowest BCUT2D eigenvalue weighted by atomic mass is 10.1. The number of carbonyl (C=O) groups is 2. The van der Waals surface area contributed by atoms with Crippen LogP contribution in [0.25, 0.3) is 0 Å². The fourth-order valence-electron chi connectivity index (χ4n) is 2.86. The minimum absolute atomic E-state index is 0.0546. The second-order valence-corrected chi connectivity index (χ2v) is 6.65. The van der Waals surface area contributed by atoms with E-state index in [1.807, 2.05) is 0 Å². The van der Waals surface area contributed by atoms with Gasteiger partial charge in [0, 0.05) is 19.2 Å². The van der Waals surface area contributed by atoms with E-state index in [-0.39, 0.29) is 24.7 Å². The molecule has 9 nitrogen and oxygen atoms in total. The second kappa shape index (κ2) is 13.8. The Kier molecular flexibility index (Phi) is 11.6. The monoisotopic (exact) mass is 464 g/mol. The summed E-state index contributed by atoms with van der Waals surface area (Å²) in [7, 11) is 4.56. The number of ether oxygens (including phenoxy) is 6. The van der Waals surface area contributed by atoms with Crippen LogP contribution in [0.15, 0.2) is 24.3 Å². The zero-order valence-corrected chi connectivity index (χ0v) is 20.1. The second-order valence-electron chi connectivity index (χ2n) is 6.65. The SMILES string of the molecule is CCOC(=O)c1c(C)cc(OC)cc1O.CCOC(=O)c1c(C)cc(OC)cc1OCOC. The fraction of sp³-hybridized carbons (Fsp3) is 0.417. The van der Waals surface area contributed by atoms with Crippen molar-refractivity contribution in [3.05, 3.63) is 46.5 Å². The molecule has 2 aromatic rings. The minimum atomic E-state index is -0.518. The van der Waals surface area contributed by atoms with Crippen LogP contribution in [0.4, 0.5) is 0 Å². The summed E-state index contributed by atoms with van der Waals surface area (Å²) in [4.78, 5) is 23.3. The fourth-order valence-corrected chi connectivity index (χ4v) is 2.86. The minimum Gasteiger partial charge on any atom is -0.507 e. The Balaban J connectivity index is 0.000000335. The Morgan fingerprint density at radius 2 is 1.27 bits per heavy atom. The Labute approximate surface area is 194 Å². The highest BCUT2D eigenvalue weighted by Crippen LogP contribution is 2.30. The van der Waals surface area contributed by atoms with Gasteiger partial charge in [-0.2, -0.15) is 0 Å². The molecule has 0 saturated heterocycles. The molecule has 0 radical (unpaired) electrons. The molecule has 0 spiro atoms. The first-order valence-electron chi connectivity index (χ1n) is 10.3. The number of hydrogen-bond donors (Lipinski definition) is 1. The number of benzene rings is 2. The third-order valence-electron chi connectivity index (χ3n) is 4.32. The molecule has 0 bridgehead atoms. The molecule has 182 valence electrons. The molecule has 0 aromatic heterocycles. The smallest absolute Gasteiger partial charge is 0.342 e. The Bertz CT molecular complexity index is 915. The van der Waals surface area contributed by atoms with E-state index in [1.165, 1.54) is 20.3 Å². The molecule has 1 N–H and O–H groups in total. The van der Waals surface area contributed by atoms with E-state index < -0.39 is 11.9 Å². The van der Waals surface area contributed by atoms with E-state index in [2.05, 4.69) is 0 Å². The Hall–Kier alpha value is -3.46. The number of rotatable bonds is 9. The average Bonchev–Trinajstić information content (AvgIpc) is 2.77. The maximum atomic E-state index is 11.9. The van der Waals surface area contributed by atoms with Crippen LogP contribution < -0.4 is 14.2 Å². The molecule has 0 amide bonds. The van der Waals surface area contributed by atoms with Crippen molar-refractivity contribution in [2.24, 2.45) is 0 Å². The molecule has 9 heteroatoms. The maximum absolute atomic E-state index is 11.9. The molecule has 0 fully saturated rings. The third-order valence-corrected chi connectivity index (χ3v) is 4.32. The van der Waals surface area contributed by atoms with Crippen LogP contribution in [0, 0.1) is 13.8 Å². The van der Waals surface area contributed by atoms with Crippen molar-refractivity contribution in [1.82, 2.24) is 0 Å². The van der Waals surface area contributed by atoms with Crippen LogP contribution in [0.2, 0.25) is 0 Å². The van der Waals surface area contributed by atoms with Gasteiger partial charge in [-0.25, -0.2) is 9.59 Å². The number of aromatic hydroxyl groups is 1. The predicted octanol–water partition coefficient (Wildman–Crippen LogP) is 4.05. The van der Waals surface area contributed by atoms with Crippen LogP contribution in [0.1, 0.15) is 45.7 Å². The van der Waals surface area contributed by atoms with Crippen molar-refractivity contribution >= 4 is 11.9 Å². The third kappa shape index (κ3) is 7.87. The van der Waals surface area contributed by atoms with Crippen LogP contribution in [0.3, 0.4) is 0 Å². The molecule has 0 aliphatic rings. The van der Waals surface area contributed by atoms with Crippen LogP contribution in [-0.2, 0) is 14.2 Å². The summed E-state index contributed by atoms with van der Waals surface area (Å²) in [5, 5.41) is 9.62. The molecule has 0 saturated carbocycles. The average molecular weight is 465 g/mol. The normalized spacial score (nSPS) is 9.91. The van der Waals surface area contributed by atoms with Crippen molar-refractivity contribution in [3.63, 3.8) is 0 Å². The number of esters is 2. The molecule has 33 heavy (non-hydrogen) atoms. The van der Waals surface area contributed by atoms with Crippen molar-refractivity contribution in [3.8, 4) is 23.0 Å². The lowest BCUT2D eigenvalue weighted by Gasteiger charge is -2.14. The highest BCUT2D eigenvalue weighted by Gasteiger charge is 2.19. The molecule has 2 rings (SSSR count). The van der Waals surface area contributed by atoms with E-state index in [4.69, 9.17) is 28.4 Å². The number of hydrogen-bond acceptors (Lipinski definition) is 9. The highest BCUT2D eigenvalue weighted by molar-refractivity contribution is 5.95. The van der Waals surface area contributed by atoms with Gasteiger partial charge in [0.25, 0.3) is 0 Å². The van der Waals surface area contributed by atoms with Gasteiger partial charge in [0.15, 0.2) is 6.79 Å². The Morgan fingerprint density at radius 1 is 0.788 bits per heavy atom. The summed E-state index contributed by atoms with van der Waals surface area (Å²) >= 11 is 0. The number of methoxy groups -OCH3 is 3. The van der Waals surface area contributed by atoms with E-state index >= 15 is 0 Å². The molecule has 0 unspecified atom stereocenters. The van der Waals surface area contributed by atoms with E-state index in [0.29, 0.717) is 35.0 Å². The van der Waals surface area contributed by atoms with Gasteiger partial charge in [-0.05, 0) is 51.0 Å². The van der Waals surface area contributed by atoms with Crippen LogP contribution >= 0.6 is 0 Å². The van der Waals surface area contributed by atoms with E-state index in [0.717, 1.165) is 5.56 Å². The number of aryl methyl sites for hydroxylation is 2. The first-order chi connectivity index (χ1) is 15.7. The molecule has 0 heterocycles. The van der Waals surface area contributed by atoms with E-state index in [1.54, 1.807) is 53.0 Å². The topological polar surface area (TPSA) is 110 Å². The number of phenols is 1. The summed E-state index contributed by atoms with van der Waals surface area (Å²) in [5.41, 5.74) is 1.96. The number of phenolic OH excluding ortho intramolecular Hbond substituents is 1. The highest BCUT2D eigenvalue weighted by atomic mass is 16.7. The zero-order chi connectivity index (χ0) is 25.0. The summed E-state index contributed by atoms with van der Waals surface area (Å²) in [6.07, 6.45) is 0.